The van der Waals surface area contributed by atoms with Crippen molar-refractivity contribution in [3.63, 3.8) is 0 Å². The molecule has 1 aromatic carbocycles. The summed E-state index contributed by atoms with van der Waals surface area (Å²) in [6.07, 6.45) is 9.21. The molecule has 6 heteroatoms. The van der Waals surface area contributed by atoms with Crippen LogP contribution in [0.25, 0.3) is 10.9 Å². The monoisotopic (exact) mass is 419 g/mol. The van der Waals surface area contributed by atoms with Gasteiger partial charge >= 0.3 is 0 Å². The fourth-order valence-corrected chi connectivity index (χ4v) is 4.57. The molecule has 2 aliphatic rings. The number of nitrogens with two attached hydrogens (primary N) is 1. The van der Waals surface area contributed by atoms with Gasteiger partial charge in [0.2, 0.25) is 0 Å². The van der Waals surface area contributed by atoms with Crippen LogP contribution in [0.1, 0.15) is 50.2 Å². The van der Waals surface area contributed by atoms with Crippen LogP contribution in [0.4, 0.5) is 5.82 Å². The van der Waals surface area contributed by atoms with Crippen LogP contribution in [0, 0.1) is 17.7 Å². The van der Waals surface area contributed by atoms with Crippen molar-refractivity contribution in [2.45, 2.75) is 64.2 Å². The first-order valence-corrected chi connectivity index (χ1v) is 11.3. The van der Waals surface area contributed by atoms with E-state index in [2.05, 4.69) is 30.0 Å². The maximum atomic E-state index is 8.68. The molecule has 0 spiro atoms. The highest BCUT2D eigenvalue weighted by Crippen LogP contribution is 2.30. The van der Waals surface area contributed by atoms with Crippen LogP contribution in [0.3, 0.4) is 0 Å². The van der Waals surface area contributed by atoms with Gasteiger partial charge in [-0.15, -0.1) is 0 Å². The molecule has 1 saturated carbocycles. The van der Waals surface area contributed by atoms with Crippen molar-refractivity contribution in [1.82, 2.24) is 4.98 Å². The lowest BCUT2D eigenvalue weighted by molar-refractivity contribution is -0.0239. The number of allylic oxidation sites excluding steroid dienone is 2. The number of ether oxygens (including phenoxy) is 1. The third-order valence-corrected chi connectivity index (χ3v) is 6.32. The summed E-state index contributed by atoms with van der Waals surface area (Å²) in [6.45, 7) is 5.26. The van der Waals surface area contributed by atoms with E-state index >= 15 is 0 Å². The van der Waals surface area contributed by atoms with E-state index in [0.29, 0.717) is 24.1 Å². The maximum Gasteiger partial charge on any atom is 0.138 e. The van der Waals surface area contributed by atoms with Crippen LogP contribution in [0.5, 0.6) is 0 Å². The molecule has 1 aliphatic carbocycles. The number of benzene rings is 1. The molecular formula is C25H33N5O. The molecule has 1 aliphatic heterocycles. The summed E-state index contributed by atoms with van der Waals surface area (Å²) < 4.78 is 6.41. The van der Waals surface area contributed by atoms with Crippen molar-refractivity contribution in [3.05, 3.63) is 47.5 Å². The highest BCUT2D eigenvalue weighted by atomic mass is 16.5. The van der Waals surface area contributed by atoms with E-state index in [1.165, 1.54) is 18.4 Å². The van der Waals surface area contributed by atoms with Gasteiger partial charge in [0.05, 0.1) is 23.4 Å². The van der Waals surface area contributed by atoms with Crippen LogP contribution in [0.2, 0.25) is 0 Å². The molecule has 1 aromatic heterocycles. The molecule has 1 saturated heterocycles. The summed E-state index contributed by atoms with van der Waals surface area (Å²) in [5, 5.41) is 17.4. The SMILES string of the molecule is CC(=N)C=CC(=N)c1cc2cc(C)ccc2nc1N1CCC(N)C(OC2CCCC2)C1. The lowest BCUT2D eigenvalue weighted by Crippen LogP contribution is -2.53. The Bertz CT molecular complexity index is 1010. The molecule has 2 aromatic rings. The van der Waals surface area contributed by atoms with Crippen molar-refractivity contribution in [2.75, 3.05) is 18.0 Å². The first-order chi connectivity index (χ1) is 14.9. The fourth-order valence-electron chi connectivity index (χ4n) is 4.57. The molecule has 31 heavy (non-hydrogen) atoms. The minimum absolute atomic E-state index is 0.0197. The number of nitrogens with one attached hydrogen (secondary N) is 2. The van der Waals surface area contributed by atoms with Gasteiger partial charge in [-0.05, 0) is 63.5 Å². The van der Waals surface area contributed by atoms with Crippen LogP contribution in [0.15, 0.2) is 36.4 Å². The number of hydrogen-bond acceptors (Lipinski definition) is 6. The molecule has 6 nitrogen and oxygen atoms in total. The average molecular weight is 420 g/mol. The van der Waals surface area contributed by atoms with Gasteiger partial charge in [0, 0.05) is 35.8 Å². The molecule has 2 fully saturated rings. The minimum Gasteiger partial charge on any atom is -0.372 e. The maximum absolute atomic E-state index is 8.68. The molecule has 0 amide bonds. The zero-order chi connectivity index (χ0) is 22.0. The first kappa shape index (κ1) is 21.7. The fraction of sp³-hybridized carbons (Fsp3) is 0.480. The Morgan fingerprint density at radius 2 is 1.94 bits per heavy atom. The average Bonchev–Trinajstić information content (AvgIpc) is 3.25. The lowest BCUT2D eigenvalue weighted by Gasteiger charge is -2.39. The van der Waals surface area contributed by atoms with E-state index < -0.39 is 0 Å². The van der Waals surface area contributed by atoms with E-state index in [9.17, 15) is 0 Å². The number of nitrogens with zero attached hydrogens (tertiary/aromatic N) is 2. The highest BCUT2D eigenvalue weighted by Gasteiger charge is 2.32. The standard InChI is InChI=1S/C25H33N5O/c1-16-7-10-23-18(13-16)14-20(21(27)9-8-17(2)26)25(29-23)30-12-11-22(28)24(15-30)31-19-5-3-4-6-19/h7-10,13-14,19,22,24,26-27H,3-6,11-12,15,28H2,1-2H3. The van der Waals surface area contributed by atoms with Crippen molar-refractivity contribution in [1.29, 1.82) is 10.8 Å². The molecule has 0 bridgehead atoms. The quantitative estimate of drug-likeness (QED) is 0.605. The van der Waals surface area contributed by atoms with Gasteiger partial charge in [0.15, 0.2) is 0 Å². The van der Waals surface area contributed by atoms with E-state index in [-0.39, 0.29) is 12.1 Å². The van der Waals surface area contributed by atoms with Crippen molar-refractivity contribution < 1.29 is 4.74 Å². The molecule has 0 radical (unpaired) electrons. The second kappa shape index (κ2) is 9.28. The number of rotatable bonds is 6. The topological polar surface area (TPSA) is 99.1 Å². The Hall–Kier alpha value is -2.57. The Kier molecular flexibility index (Phi) is 6.49. The summed E-state index contributed by atoms with van der Waals surface area (Å²) in [4.78, 5) is 7.21. The number of hydrogen-bond donors (Lipinski definition) is 3. The summed E-state index contributed by atoms with van der Waals surface area (Å²) in [5.41, 5.74) is 10.1. The van der Waals surface area contributed by atoms with Crippen molar-refractivity contribution >= 4 is 28.1 Å². The normalized spacial score (nSPS) is 22.5. The second-order valence-electron chi connectivity index (χ2n) is 8.97. The summed E-state index contributed by atoms with van der Waals surface area (Å²) in [6, 6.07) is 8.30. The molecule has 164 valence electrons. The summed E-state index contributed by atoms with van der Waals surface area (Å²) in [5.74, 6) is 0.806. The number of anilines is 1. The van der Waals surface area contributed by atoms with Gasteiger partial charge in [-0.1, -0.05) is 24.5 Å². The number of piperidine rings is 1. The van der Waals surface area contributed by atoms with E-state index in [0.717, 1.165) is 48.1 Å². The molecule has 2 atom stereocenters. The molecule has 4 rings (SSSR count). The summed E-state index contributed by atoms with van der Waals surface area (Å²) in [7, 11) is 0. The van der Waals surface area contributed by atoms with Crippen LogP contribution >= 0.6 is 0 Å². The zero-order valence-corrected chi connectivity index (χ0v) is 18.5. The van der Waals surface area contributed by atoms with E-state index in [4.69, 9.17) is 26.3 Å². The zero-order valence-electron chi connectivity index (χ0n) is 18.5. The number of fused-ring (bicyclic) bond motifs is 1. The van der Waals surface area contributed by atoms with E-state index in [1.54, 1.807) is 19.1 Å². The van der Waals surface area contributed by atoms with Crippen LogP contribution < -0.4 is 10.6 Å². The predicted octanol–water partition coefficient (Wildman–Crippen LogP) is 4.37. The van der Waals surface area contributed by atoms with Crippen molar-refractivity contribution in [2.24, 2.45) is 5.73 Å². The predicted molar refractivity (Wildman–Crippen MR) is 128 cm³/mol. The van der Waals surface area contributed by atoms with Gasteiger partial charge in [0.25, 0.3) is 0 Å². The third kappa shape index (κ3) is 5.02. The molecule has 4 N–H and O–H groups in total. The number of pyridine rings is 1. The Morgan fingerprint density at radius 1 is 1.16 bits per heavy atom. The largest absolute Gasteiger partial charge is 0.372 e. The van der Waals surface area contributed by atoms with Crippen LogP contribution in [-0.4, -0.2) is 47.7 Å². The Morgan fingerprint density at radius 3 is 2.68 bits per heavy atom. The van der Waals surface area contributed by atoms with Gasteiger partial charge in [-0.3, -0.25) is 0 Å². The Labute approximate surface area is 184 Å². The first-order valence-electron chi connectivity index (χ1n) is 11.3. The van der Waals surface area contributed by atoms with E-state index in [1.807, 2.05) is 6.07 Å². The van der Waals surface area contributed by atoms with Crippen LogP contribution in [-0.2, 0) is 4.74 Å². The second-order valence-corrected chi connectivity index (χ2v) is 8.97. The number of aromatic nitrogens is 1. The highest BCUT2D eigenvalue weighted by molar-refractivity contribution is 6.13. The lowest BCUT2D eigenvalue weighted by atomic mass is 10.00. The Balaban J connectivity index is 1.68. The van der Waals surface area contributed by atoms with Crippen molar-refractivity contribution in [3.8, 4) is 0 Å². The van der Waals surface area contributed by atoms with Gasteiger partial charge in [0.1, 0.15) is 5.82 Å². The molecular weight excluding hydrogens is 386 g/mol. The smallest absolute Gasteiger partial charge is 0.138 e. The summed E-state index contributed by atoms with van der Waals surface area (Å²) >= 11 is 0. The molecule has 2 unspecified atom stereocenters. The van der Waals surface area contributed by atoms with Gasteiger partial charge in [-0.2, -0.15) is 0 Å². The minimum atomic E-state index is -0.0197. The third-order valence-electron chi connectivity index (χ3n) is 6.32. The van der Waals surface area contributed by atoms with Gasteiger partial charge in [-0.25, -0.2) is 4.98 Å². The number of aryl methyl sites for hydroxylation is 1. The molecule has 2 heterocycles. The van der Waals surface area contributed by atoms with Gasteiger partial charge < -0.3 is 26.2 Å².